The minimum atomic E-state index is -0.543. The number of nitrogens with zero attached hydrogens (tertiary/aromatic N) is 1. The lowest BCUT2D eigenvalue weighted by molar-refractivity contribution is -0.255. The number of aliphatic hydroxyl groups is 1. The van der Waals surface area contributed by atoms with Crippen LogP contribution in [-0.2, 0) is 41.7 Å². The summed E-state index contributed by atoms with van der Waals surface area (Å²) in [7, 11) is 0. The second-order valence-electron chi connectivity index (χ2n) is 11.5. The molecule has 0 unspecified atom stereocenters. The molecule has 3 heterocycles. The number of piperidine rings is 1. The number of aliphatic hydroxyl groups excluding tert-OH is 1. The van der Waals surface area contributed by atoms with Gasteiger partial charge in [-0.05, 0) is 29.5 Å². The number of amides is 2. The SMILES string of the molecule is O=C(CCCCC(=O)NCc1ccc([C@H]2O[C@@H](CN3CCC4(CC3)OCCO4)C[C@@H](c3ccc(CO)cc3)O2)cc1)NO. The van der Waals surface area contributed by atoms with Crippen molar-refractivity contribution in [3.05, 3.63) is 70.8 Å². The topological polar surface area (TPSA) is 139 Å². The molecule has 3 atom stereocenters. The lowest BCUT2D eigenvalue weighted by Gasteiger charge is -2.41. The first-order valence-electron chi connectivity index (χ1n) is 15.2. The number of hydrogen-bond acceptors (Lipinski definition) is 9. The number of likely N-dealkylation sites (tertiary alicyclic amines) is 1. The van der Waals surface area contributed by atoms with Crippen molar-refractivity contribution >= 4 is 11.8 Å². The number of hydrogen-bond donors (Lipinski definition) is 4. The quantitative estimate of drug-likeness (QED) is 0.165. The second-order valence-corrected chi connectivity index (χ2v) is 11.5. The van der Waals surface area contributed by atoms with E-state index in [1.165, 1.54) is 0 Å². The molecule has 11 nitrogen and oxygen atoms in total. The molecule has 2 aromatic carbocycles. The molecular weight excluding hydrogens is 554 g/mol. The van der Waals surface area contributed by atoms with Gasteiger partial charge in [0.25, 0.3) is 0 Å². The van der Waals surface area contributed by atoms with Crippen molar-refractivity contribution in [2.75, 3.05) is 32.8 Å². The van der Waals surface area contributed by atoms with Gasteiger partial charge in [0, 0.05) is 63.8 Å². The van der Waals surface area contributed by atoms with Crippen molar-refractivity contribution in [1.29, 1.82) is 0 Å². The van der Waals surface area contributed by atoms with Gasteiger partial charge in [0.2, 0.25) is 11.8 Å². The van der Waals surface area contributed by atoms with Crippen molar-refractivity contribution in [3.8, 4) is 0 Å². The minimum Gasteiger partial charge on any atom is -0.392 e. The van der Waals surface area contributed by atoms with Gasteiger partial charge in [-0.1, -0.05) is 48.5 Å². The van der Waals surface area contributed by atoms with Crippen molar-refractivity contribution < 1.29 is 38.9 Å². The Labute approximate surface area is 252 Å². The van der Waals surface area contributed by atoms with E-state index in [4.69, 9.17) is 24.2 Å². The lowest BCUT2D eigenvalue weighted by atomic mass is 9.98. The van der Waals surface area contributed by atoms with Crippen LogP contribution in [0.4, 0.5) is 0 Å². The monoisotopic (exact) mass is 597 g/mol. The van der Waals surface area contributed by atoms with E-state index in [9.17, 15) is 14.7 Å². The van der Waals surface area contributed by atoms with Crippen LogP contribution in [-0.4, -0.2) is 71.8 Å². The number of carbonyl (C=O) groups excluding carboxylic acids is 2. The maximum Gasteiger partial charge on any atom is 0.243 e. The molecular formula is C32H43N3O8. The molecule has 3 aliphatic heterocycles. The third-order valence-electron chi connectivity index (χ3n) is 8.43. The van der Waals surface area contributed by atoms with Crippen molar-refractivity contribution in [1.82, 2.24) is 15.7 Å². The Bertz CT molecular complexity index is 1180. The van der Waals surface area contributed by atoms with E-state index in [2.05, 4.69) is 10.2 Å². The average Bonchev–Trinajstić information content (AvgIpc) is 3.51. The summed E-state index contributed by atoms with van der Waals surface area (Å²) in [6, 6.07) is 15.8. The zero-order chi connectivity index (χ0) is 30.1. The molecule has 0 saturated carbocycles. The highest BCUT2D eigenvalue weighted by molar-refractivity contribution is 5.76. The standard InChI is InChI=1S/C32H43N3O8/c36-22-24-7-9-25(10-8-24)28-19-27(21-35-15-13-32(14-16-35)40-17-18-41-32)42-31(43-28)26-11-5-23(6-12-26)20-33-29(37)3-1-2-4-30(38)34-39/h5-12,27-28,31,36,39H,1-4,13-22H2,(H,33,37)(H,34,38)/t27-,28+,31+/m1/s1. The maximum absolute atomic E-state index is 12.2. The number of nitrogens with one attached hydrogen (secondary N) is 2. The largest absolute Gasteiger partial charge is 0.392 e. The van der Waals surface area contributed by atoms with Gasteiger partial charge >= 0.3 is 0 Å². The van der Waals surface area contributed by atoms with Crippen LogP contribution in [0.25, 0.3) is 0 Å². The Morgan fingerprint density at radius 1 is 0.860 bits per heavy atom. The fourth-order valence-corrected chi connectivity index (χ4v) is 5.89. The van der Waals surface area contributed by atoms with Crippen LogP contribution in [0, 0.1) is 0 Å². The van der Waals surface area contributed by atoms with Crippen LogP contribution in [0.15, 0.2) is 48.5 Å². The highest BCUT2D eigenvalue weighted by atomic mass is 16.7. The molecule has 5 rings (SSSR count). The van der Waals surface area contributed by atoms with Gasteiger partial charge in [-0.15, -0.1) is 0 Å². The highest BCUT2D eigenvalue weighted by Gasteiger charge is 2.41. The molecule has 2 aromatic rings. The third-order valence-corrected chi connectivity index (χ3v) is 8.43. The van der Waals surface area contributed by atoms with E-state index < -0.39 is 18.0 Å². The predicted molar refractivity (Wildman–Crippen MR) is 155 cm³/mol. The Kier molecular flexibility index (Phi) is 11.1. The molecule has 11 heteroatoms. The Morgan fingerprint density at radius 2 is 1.49 bits per heavy atom. The van der Waals surface area contributed by atoms with Crippen LogP contribution in [0.3, 0.4) is 0 Å². The molecule has 4 N–H and O–H groups in total. The zero-order valence-corrected chi connectivity index (χ0v) is 24.5. The summed E-state index contributed by atoms with van der Waals surface area (Å²) >= 11 is 0. The zero-order valence-electron chi connectivity index (χ0n) is 24.5. The number of ether oxygens (including phenoxy) is 4. The third kappa shape index (κ3) is 8.82. The molecule has 3 aliphatic rings. The molecule has 0 radical (unpaired) electrons. The van der Waals surface area contributed by atoms with Gasteiger partial charge in [-0.2, -0.15) is 0 Å². The molecule has 3 fully saturated rings. The van der Waals surface area contributed by atoms with Crippen LogP contribution in [0.5, 0.6) is 0 Å². The van der Waals surface area contributed by atoms with E-state index in [1.54, 1.807) is 5.48 Å². The summed E-state index contributed by atoms with van der Waals surface area (Å²) in [4.78, 5) is 25.7. The van der Waals surface area contributed by atoms with E-state index >= 15 is 0 Å². The minimum absolute atomic E-state index is 0.000197. The van der Waals surface area contributed by atoms with Gasteiger partial charge in [-0.25, -0.2) is 5.48 Å². The van der Waals surface area contributed by atoms with Crippen LogP contribution < -0.4 is 10.8 Å². The summed E-state index contributed by atoms with van der Waals surface area (Å²) in [5.41, 5.74) is 5.37. The van der Waals surface area contributed by atoms with Crippen LogP contribution in [0.1, 0.15) is 79.6 Å². The molecule has 2 amide bonds. The van der Waals surface area contributed by atoms with E-state index in [1.807, 2.05) is 48.5 Å². The summed E-state index contributed by atoms with van der Waals surface area (Å²) in [6.07, 6.45) is 3.30. The van der Waals surface area contributed by atoms with Gasteiger partial charge in [-0.3, -0.25) is 14.8 Å². The molecule has 0 bridgehead atoms. The van der Waals surface area contributed by atoms with Crippen molar-refractivity contribution in [2.24, 2.45) is 0 Å². The first-order valence-corrected chi connectivity index (χ1v) is 15.2. The number of benzene rings is 2. The first-order chi connectivity index (χ1) is 20.9. The first kappa shape index (κ1) is 31.5. The molecule has 0 aromatic heterocycles. The second kappa shape index (κ2) is 15.2. The van der Waals surface area contributed by atoms with Crippen LogP contribution in [0.2, 0.25) is 0 Å². The van der Waals surface area contributed by atoms with Crippen molar-refractivity contribution in [2.45, 2.75) is 82.4 Å². The van der Waals surface area contributed by atoms with Gasteiger partial charge in [0.15, 0.2) is 12.1 Å². The fourth-order valence-electron chi connectivity index (χ4n) is 5.89. The summed E-state index contributed by atoms with van der Waals surface area (Å²) in [5, 5.41) is 20.9. The summed E-state index contributed by atoms with van der Waals surface area (Å²) < 4.78 is 24.8. The average molecular weight is 598 g/mol. The van der Waals surface area contributed by atoms with Crippen molar-refractivity contribution in [3.63, 3.8) is 0 Å². The van der Waals surface area contributed by atoms with Crippen LogP contribution >= 0.6 is 0 Å². The fraction of sp³-hybridized carbons (Fsp3) is 0.562. The van der Waals surface area contributed by atoms with E-state index in [0.29, 0.717) is 39.0 Å². The van der Waals surface area contributed by atoms with E-state index in [0.717, 1.165) is 61.2 Å². The molecule has 234 valence electrons. The van der Waals surface area contributed by atoms with Gasteiger partial charge < -0.3 is 34.3 Å². The number of unbranched alkanes of at least 4 members (excludes halogenated alkanes) is 1. The highest BCUT2D eigenvalue weighted by Crippen LogP contribution is 2.39. The van der Waals surface area contributed by atoms with Gasteiger partial charge in [0.05, 0.1) is 32.0 Å². The number of rotatable bonds is 12. The molecule has 1 spiro atoms. The Morgan fingerprint density at radius 3 is 2.14 bits per heavy atom. The predicted octanol–water partition coefficient (Wildman–Crippen LogP) is 3.25. The molecule has 3 saturated heterocycles. The molecule has 43 heavy (non-hydrogen) atoms. The normalized spacial score (nSPS) is 23.7. The molecule has 0 aliphatic carbocycles. The Hall–Kier alpha value is -2.90. The lowest BCUT2D eigenvalue weighted by Crippen LogP contribution is -2.48. The Balaban J connectivity index is 1.18. The van der Waals surface area contributed by atoms with Gasteiger partial charge in [0.1, 0.15) is 0 Å². The van der Waals surface area contributed by atoms with E-state index in [-0.39, 0.29) is 31.1 Å². The number of carbonyl (C=O) groups is 2. The smallest absolute Gasteiger partial charge is 0.243 e. The summed E-state index contributed by atoms with van der Waals surface area (Å²) in [5.74, 6) is -0.940. The summed E-state index contributed by atoms with van der Waals surface area (Å²) in [6.45, 7) is 4.30. The maximum atomic E-state index is 12.2. The number of hydroxylamine groups is 1.